The SMILES string of the molecule is CCc1ccc(NC(=O)CC(=O)N(CC)c2ccccc2)cc1. The van der Waals surface area contributed by atoms with Crippen LogP contribution >= 0.6 is 0 Å². The van der Waals surface area contributed by atoms with Crippen LogP contribution in [-0.2, 0) is 16.0 Å². The van der Waals surface area contributed by atoms with E-state index in [9.17, 15) is 9.59 Å². The third-order valence-electron chi connectivity index (χ3n) is 3.64. The van der Waals surface area contributed by atoms with Crippen molar-refractivity contribution in [3.05, 3.63) is 60.2 Å². The van der Waals surface area contributed by atoms with E-state index in [2.05, 4.69) is 12.2 Å². The van der Waals surface area contributed by atoms with Gasteiger partial charge in [0.05, 0.1) is 0 Å². The molecule has 2 aromatic carbocycles. The first-order valence-electron chi connectivity index (χ1n) is 7.88. The highest BCUT2D eigenvalue weighted by Crippen LogP contribution is 2.15. The lowest BCUT2D eigenvalue weighted by atomic mass is 10.1. The lowest BCUT2D eigenvalue weighted by Crippen LogP contribution is -2.33. The molecule has 0 saturated carbocycles. The molecule has 2 amide bonds. The molecule has 2 rings (SSSR count). The fourth-order valence-electron chi connectivity index (χ4n) is 2.37. The van der Waals surface area contributed by atoms with Crippen LogP contribution in [0.4, 0.5) is 11.4 Å². The van der Waals surface area contributed by atoms with Crippen LogP contribution in [0.2, 0.25) is 0 Å². The summed E-state index contributed by atoms with van der Waals surface area (Å²) < 4.78 is 0. The Hall–Kier alpha value is -2.62. The zero-order valence-corrected chi connectivity index (χ0v) is 13.6. The number of anilines is 2. The van der Waals surface area contributed by atoms with Crippen molar-refractivity contribution in [3.8, 4) is 0 Å². The lowest BCUT2D eigenvalue weighted by molar-refractivity contribution is -0.125. The third-order valence-corrected chi connectivity index (χ3v) is 3.64. The predicted octanol–water partition coefficient (Wildman–Crippen LogP) is 3.63. The van der Waals surface area contributed by atoms with E-state index in [1.807, 2.05) is 61.5 Å². The highest BCUT2D eigenvalue weighted by Gasteiger charge is 2.17. The summed E-state index contributed by atoms with van der Waals surface area (Å²) in [6.45, 7) is 4.50. The zero-order chi connectivity index (χ0) is 16.7. The maximum atomic E-state index is 12.3. The molecule has 1 N–H and O–H groups in total. The molecular formula is C19H22N2O2. The quantitative estimate of drug-likeness (QED) is 0.828. The van der Waals surface area contributed by atoms with E-state index in [1.54, 1.807) is 4.90 Å². The highest BCUT2D eigenvalue weighted by molar-refractivity contribution is 6.09. The van der Waals surface area contributed by atoms with E-state index in [0.29, 0.717) is 12.2 Å². The second-order valence-electron chi connectivity index (χ2n) is 5.25. The molecule has 4 heteroatoms. The smallest absolute Gasteiger partial charge is 0.236 e. The number of amides is 2. The van der Waals surface area contributed by atoms with Crippen molar-refractivity contribution in [2.24, 2.45) is 0 Å². The second kappa shape index (κ2) is 8.13. The van der Waals surface area contributed by atoms with Gasteiger partial charge in [-0.25, -0.2) is 0 Å². The summed E-state index contributed by atoms with van der Waals surface area (Å²) in [6.07, 6.45) is 0.785. The number of nitrogens with one attached hydrogen (secondary N) is 1. The molecule has 120 valence electrons. The van der Waals surface area contributed by atoms with E-state index >= 15 is 0 Å². The Morgan fingerprint density at radius 3 is 2.17 bits per heavy atom. The fourth-order valence-corrected chi connectivity index (χ4v) is 2.37. The minimum Gasteiger partial charge on any atom is -0.326 e. The molecule has 2 aromatic rings. The first-order chi connectivity index (χ1) is 11.1. The first kappa shape index (κ1) is 16.7. The van der Waals surface area contributed by atoms with Crippen LogP contribution in [0.3, 0.4) is 0 Å². The van der Waals surface area contributed by atoms with Gasteiger partial charge in [0.2, 0.25) is 11.8 Å². The molecule has 0 heterocycles. The number of nitrogens with zero attached hydrogens (tertiary/aromatic N) is 1. The maximum Gasteiger partial charge on any atom is 0.236 e. The largest absolute Gasteiger partial charge is 0.326 e. The minimum absolute atomic E-state index is 0.168. The molecule has 0 aliphatic carbocycles. The summed E-state index contributed by atoms with van der Waals surface area (Å²) in [5, 5.41) is 2.77. The van der Waals surface area contributed by atoms with Crippen LogP contribution in [0.25, 0.3) is 0 Å². The second-order valence-corrected chi connectivity index (χ2v) is 5.25. The minimum atomic E-state index is -0.298. The summed E-state index contributed by atoms with van der Waals surface area (Å²) in [7, 11) is 0. The average Bonchev–Trinajstić information content (AvgIpc) is 2.57. The molecule has 23 heavy (non-hydrogen) atoms. The van der Waals surface area contributed by atoms with Crippen LogP contribution in [0.5, 0.6) is 0 Å². The van der Waals surface area contributed by atoms with E-state index < -0.39 is 0 Å². The van der Waals surface area contributed by atoms with Gasteiger partial charge in [0.1, 0.15) is 6.42 Å². The average molecular weight is 310 g/mol. The maximum absolute atomic E-state index is 12.3. The van der Waals surface area contributed by atoms with Gasteiger partial charge >= 0.3 is 0 Å². The van der Waals surface area contributed by atoms with Gasteiger partial charge < -0.3 is 10.2 Å². The van der Waals surface area contributed by atoms with Crippen molar-refractivity contribution < 1.29 is 9.59 Å². The standard InChI is InChI=1S/C19H22N2O2/c1-3-15-10-12-16(13-11-15)20-18(22)14-19(23)21(4-2)17-8-6-5-7-9-17/h5-13H,3-4,14H2,1-2H3,(H,20,22). The Labute approximate surface area is 137 Å². The van der Waals surface area contributed by atoms with Gasteiger partial charge in [0.15, 0.2) is 0 Å². The van der Waals surface area contributed by atoms with Crippen molar-refractivity contribution in [3.63, 3.8) is 0 Å². The van der Waals surface area contributed by atoms with Gasteiger partial charge in [-0.15, -0.1) is 0 Å². The Balaban J connectivity index is 1.96. The topological polar surface area (TPSA) is 49.4 Å². The summed E-state index contributed by atoms with van der Waals surface area (Å²) in [6, 6.07) is 17.0. The normalized spacial score (nSPS) is 10.2. The van der Waals surface area contributed by atoms with Gasteiger partial charge in [-0.1, -0.05) is 37.3 Å². The number of carbonyl (C=O) groups is 2. The number of aryl methyl sites for hydroxylation is 1. The van der Waals surface area contributed by atoms with Gasteiger partial charge in [-0.3, -0.25) is 9.59 Å². The molecule has 0 fully saturated rings. The van der Waals surface area contributed by atoms with Crippen LogP contribution in [0.1, 0.15) is 25.8 Å². The summed E-state index contributed by atoms with van der Waals surface area (Å²) in [5.41, 5.74) is 2.73. The van der Waals surface area contributed by atoms with Crippen molar-refractivity contribution in [2.75, 3.05) is 16.8 Å². The molecule has 4 nitrogen and oxygen atoms in total. The summed E-state index contributed by atoms with van der Waals surface area (Å²) >= 11 is 0. The predicted molar refractivity (Wildman–Crippen MR) is 93.5 cm³/mol. The van der Waals surface area contributed by atoms with Crippen LogP contribution in [0, 0.1) is 0 Å². The lowest BCUT2D eigenvalue weighted by Gasteiger charge is -2.20. The number of para-hydroxylation sites is 1. The number of hydrogen-bond acceptors (Lipinski definition) is 2. The first-order valence-corrected chi connectivity index (χ1v) is 7.88. The molecule has 0 radical (unpaired) electrons. The van der Waals surface area contributed by atoms with Crippen LogP contribution in [0.15, 0.2) is 54.6 Å². The Morgan fingerprint density at radius 1 is 0.957 bits per heavy atom. The third kappa shape index (κ3) is 4.68. The molecule has 0 atom stereocenters. The molecule has 0 aliphatic heterocycles. The Kier molecular flexibility index (Phi) is 5.92. The number of hydrogen-bond donors (Lipinski definition) is 1. The van der Waals surface area contributed by atoms with Gasteiger partial charge in [0, 0.05) is 17.9 Å². The molecule has 0 bridgehead atoms. The molecule has 0 aromatic heterocycles. The summed E-state index contributed by atoms with van der Waals surface area (Å²) in [4.78, 5) is 26.0. The van der Waals surface area contributed by atoms with E-state index in [-0.39, 0.29) is 18.2 Å². The molecule has 0 aliphatic rings. The molecule has 0 saturated heterocycles. The zero-order valence-electron chi connectivity index (χ0n) is 13.6. The van der Waals surface area contributed by atoms with E-state index in [4.69, 9.17) is 0 Å². The highest BCUT2D eigenvalue weighted by atomic mass is 16.2. The molecular weight excluding hydrogens is 288 g/mol. The molecule has 0 unspecified atom stereocenters. The van der Waals surface area contributed by atoms with Gasteiger partial charge in [-0.2, -0.15) is 0 Å². The Bertz CT molecular complexity index is 651. The van der Waals surface area contributed by atoms with Crippen LogP contribution < -0.4 is 10.2 Å². The number of benzene rings is 2. The van der Waals surface area contributed by atoms with Crippen molar-refractivity contribution in [1.82, 2.24) is 0 Å². The van der Waals surface area contributed by atoms with E-state index in [1.165, 1.54) is 5.56 Å². The fraction of sp³-hybridized carbons (Fsp3) is 0.263. The van der Waals surface area contributed by atoms with Gasteiger partial charge in [-0.05, 0) is 43.2 Å². The molecule has 0 spiro atoms. The van der Waals surface area contributed by atoms with Crippen molar-refractivity contribution >= 4 is 23.2 Å². The van der Waals surface area contributed by atoms with Crippen molar-refractivity contribution in [2.45, 2.75) is 26.7 Å². The number of carbonyl (C=O) groups excluding carboxylic acids is 2. The Morgan fingerprint density at radius 2 is 1.61 bits per heavy atom. The van der Waals surface area contributed by atoms with Crippen molar-refractivity contribution in [1.29, 1.82) is 0 Å². The van der Waals surface area contributed by atoms with E-state index in [0.717, 1.165) is 12.1 Å². The monoisotopic (exact) mass is 310 g/mol. The summed E-state index contributed by atoms with van der Waals surface area (Å²) in [5.74, 6) is -0.505. The van der Waals surface area contributed by atoms with Crippen LogP contribution in [-0.4, -0.2) is 18.4 Å². The van der Waals surface area contributed by atoms with Gasteiger partial charge in [0.25, 0.3) is 0 Å². The number of rotatable bonds is 6.